The van der Waals surface area contributed by atoms with E-state index in [-0.39, 0.29) is 22.6 Å². The van der Waals surface area contributed by atoms with Gasteiger partial charge in [0, 0.05) is 10.0 Å². The minimum Gasteiger partial charge on any atom is -0.396 e. The van der Waals surface area contributed by atoms with Crippen LogP contribution in [0.15, 0.2) is 46.9 Å². The first kappa shape index (κ1) is 12.9. The van der Waals surface area contributed by atoms with Crippen LogP contribution < -0.4 is 5.73 Å². The number of nitrogens with two attached hydrogens (primary N) is 1. The molecule has 0 spiro atoms. The van der Waals surface area contributed by atoms with Gasteiger partial charge in [0.15, 0.2) is 0 Å². The zero-order valence-electron chi connectivity index (χ0n) is 10.3. The van der Waals surface area contributed by atoms with E-state index in [9.17, 15) is 9.18 Å². The van der Waals surface area contributed by atoms with Gasteiger partial charge in [-0.15, -0.1) is 0 Å². The second-order valence-corrected chi connectivity index (χ2v) is 5.33. The van der Waals surface area contributed by atoms with Crippen LogP contribution in [-0.2, 0) is 0 Å². The number of carbonyl (C=O) groups is 1. The summed E-state index contributed by atoms with van der Waals surface area (Å²) in [5.41, 5.74) is 7.28. The second kappa shape index (κ2) is 4.76. The lowest BCUT2D eigenvalue weighted by Gasteiger charge is -2.00. The van der Waals surface area contributed by atoms with Gasteiger partial charge >= 0.3 is 0 Å². The number of fused-ring (bicyclic) bond motifs is 1. The van der Waals surface area contributed by atoms with Crippen molar-refractivity contribution in [1.29, 1.82) is 0 Å². The summed E-state index contributed by atoms with van der Waals surface area (Å²) >= 11 is 3.31. The van der Waals surface area contributed by atoms with Crippen LogP contribution in [0.2, 0.25) is 0 Å². The van der Waals surface area contributed by atoms with Crippen LogP contribution in [-0.4, -0.2) is 10.8 Å². The van der Waals surface area contributed by atoms with Gasteiger partial charge in [-0.25, -0.2) is 4.39 Å². The predicted molar refractivity (Wildman–Crippen MR) is 80.2 cm³/mol. The smallest absolute Gasteiger partial charge is 0.211 e. The van der Waals surface area contributed by atoms with Crippen LogP contribution >= 0.6 is 15.9 Å². The predicted octanol–water partition coefficient (Wildman–Crippen LogP) is 3.88. The third-order valence-corrected chi connectivity index (χ3v) is 3.67. The molecule has 20 heavy (non-hydrogen) atoms. The van der Waals surface area contributed by atoms with Gasteiger partial charge in [0.2, 0.25) is 5.78 Å². The number of aromatic nitrogens is 1. The van der Waals surface area contributed by atoms with Crippen molar-refractivity contribution in [2.75, 3.05) is 5.73 Å². The molecule has 1 heterocycles. The van der Waals surface area contributed by atoms with E-state index in [2.05, 4.69) is 20.9 Å². The van der Waals surface area contributed by atoms with Gasteiger partial charge < -0.3 is 10.7 Å². The summed E-state index contributed by atoms with van der Waals surface area (Å²) in [4.78, 5) is 15.3. The highest BCUT2D eigenvalue weighted by Gasteiger charge is 2.19. The van der Waals surface area contributed by atoms with Gasteiger partial charge in [0.05, 0.1) is 16.6 Å². The lowest BCUT2D eigenvalue weighted by atomic mass is 10.1. The zero-order valence-corrected chi connectivity index (χ0v) is 11.9. The average Bonchev–Trinajstić information content (AvgIpc) is 2.77. The second-order valence-electron chi connectivity index (χ2n) is 4.41. The molecule has 0 saturated carbocycles. The third kappa shape index (κ3) is 2.00. The van der Waals surface area contributed by atoms with E-state index < -0.39 is 5.82 Å². The number of benzene rings is 2. The quantitative estimate of drug-likeness (QED) is 0.699. The normalized spacial score (nSPS) is 10.9. The van der Waals surface area contributed by atoms with E-state index in [1.807, 2.05) is 0 Å². The summed E-state index contributed by atoms with van der Waals surface area (Å²) in [6, 6.07) is 11.5. The monoisotopic (exact) mass is 332 g/mol. The Morgan fingerprint density at radius 2 is 1.85 bits per heavy atom. The molecule has 0 atom stereocenters. The number of hydrogen-bond acceptors (Lipinski definition) is 2. The number of anilines is 1. The molecular formula is C15H10BrFN2O. The van der Waals surface area contributed by atoms with Gasteiger partial charge in [-0.1, -0.05) is 22.0 Å². The van der Waals surface area contributed by atoms with E-state index >= 15 is 0 Å². The molecule has 0 bridgehead atoms. The molecule has 3 aromatic rings. The summed E-state index contributed by atoms with van der Waals surface area (Å²) in [7, 11) is 0. The van der Waals surface area contributed by atoms with Crippen molar-refractivity contribution >= 4 is 38.3 Å². The maximum atomic E-state index is 13.8. The number of nitrogens with one attached hydrogen (secondary N) is 1. The Balaban J connectivity index is 2.15. The molecule has 0 aliphatic carbocycles. The Morgan fingerprint density at radius 1 is 1.15 bits per heavy atom. The Hall–Kier alpha value is -2.14. The fourth-order valence-electron chi connectivity index (χ4n) is 2.15. The Kier molecular flexibility index (Phi) is 3.06. The number of carbonyl (C=O) groups excluding carboxylic acids is 1. The molecule has 0 fully saturated rings. The lowest BCUT2D eigenvalue weighted by molar-refractivity contribution is 0.103. The zero-order chi connectivity index (χ0) is 14.3. The fourth-order valence-corrected chi connectivity index (χ4v) is 2.42. The van der Waals surface area contributed by atoms with Crippen LogP contribution in [0, 0.1) is 5.82 Å². The van der Waals surface area contributed by atoms with E-state index in [4.69, 9.17) is 5.73 Å². The summed E-state index contributed by atoms with van der Waals surface area (Å²) in [5.74, 6) is -0.697. The molecule has 1 aromatic heterocycles. The molecule has 100 valence electrons. The standard InChI is InChI=1S/C15H10BrFN2O/c16-9-6-4-8(5-7-9)15(20)14-13(18)12-10(17)2-1-3-11(12)19-14/h1-7,19H,18H2. The maximum Gasteiger partial charge on any atom is 0.211 e. The molecule has 0 amide bonds. The fraction of sp³-hybridized carbons (Fsp3) is 0. The topological polar surface area (TPSA) is 58.9 Å². The average molecular weight is 333 g/mol. The molecule has 0 unspecified atom stereocenters. The highest BCUT2D eigenvalue weighted by molar-refractivity contribution is 9.10. The number of H-pyrrole nitrogens is 1. The molecule has 0 radical (unpaired) electrons. The first-order valence-corrected chi connectivity index (χ1v) is 6.73. The number of rotatable bonds is 2. The van der Waals surface area contributed by atoms with Gasteiger partial charge in [-0.05, 0) is 36.4 Å². The number of nitrogen functional groups attached to an aromatic ring is 1. The van der Waals surface area contributed by atoms with Crippen LogP contribution in [0.1, 0.15) is 16.1 Å². The minimum absolute atomic E-state index is 0.144. The van der Waals surface area contributed by atoms with Crippen LogP contribution in [0.5, 0.6) is 0 Å². The molecule has 3 N–H and O–H groups in total. The van der Waals surface area contributed by atoms with Gasteiger partial charge in [0.1, 0.15) is 11.5 Å². The molecule has 3 rings (SSSR count). The van der Waals surface area contributed by atoms with Crippen molar-refractivity contribution in [2.24, 2.45) is 0 Å². The van der Waals surface area contributed by atoms with Crippen molar-refractivity contribution < 1.29 is 9.18 Å². The maximum absolute atomic E-state index is 13.8. The van der Waals surface area contributed by atoms with Gasteiger partial charge in [-0.2, -0.15) is 0 Å². The van der Waals surface area contributed by atoms with E-state index in [1.54, 1.807) is 36.4 Å². The molecule has 0 aliphatic rings. The molecule has 3 nitrogen and oxygen atoms in total. The lowest BCUT2D eigenvalue weighted by Crippen LogP contribution is -2.04. The summed E-state index contributed by atoms with van der Waals surface area (Å²) in [5, 5.41) is 0.257. The minimum atomic E-state index is -0.439. The largest absolute Gasteiger partial charge is 0.396 e. The summed E-state index contributed by atoms with van der Waals surface area (Å²) < 4.78 is 14.6. The van der Waals surface area contributed by atoms with Crippen molar-refractivity contribution in [1.82, 2.24) is 4.98 Å². The number of hydrogen-bond donors (Lipinski definition) is 2. The number of aromatic amines is 1. The first-order valence-electron chi connectivity index (χ1n) is 5.94. The molecule has 0 saturated heterocycles. The number of halogens is 2. The van der Waals surface area contributed by atoms with E-state index in [0.29, 0.717) is 11.1 Å². The SMILES string of the molecule is Nc1c(C(=O)c2ccc(Br)cc2)[nH]c2cccc(F)c12. The van der Waals surface area contributed by atoms with Crippen LogP contribution in [0.4, 0.5) is 10.1 Å². The Labute approximate surface area is 122 Å². The van der Waals surface area contributed by atoms with Gasteiger partial charge in [0.25, 0.3) is 0 Å². The molecular weight excluding hydrogens is 323 g/mol. The molecule has 2 aromatic carbocycles. The highest BCUT2D eigenvalue weighted by atomic mass is 79.9. The van der Waals surface area contributed by atoms with E-state index in [1.165, 1.54) is 6.07 Å². The van der Waals surface area contributed by atoms with Crippen molar-refractivity contribution in [3.63, 3.8) is 0 Å². The highest BCUT2D eigenvalue weighted by Crippen LogP contribution is 2.29. The van der Waals surface area contributed by atoms with Crippen LogP contribution in [0.25, 0.3) is 10.9 Å². The van der Waals surface area contributed by atoms with Gasteiger partial charge in [-0.3, -0.25) is 4.79 Å². The molecule has 0 aliphatic heterocycles. The van der Waals surface area contributed by atoms with Crippen molar-refractivity contribution in [3.05, 3.63) is 64.0 Å². The molecule has 5 heteroatoms. The Bertz CT molecular complexity index is 809. The summed E-state index contributed by atoms with van der Waals surface area (Å²) in [6.07, 6.45) is 0. The first-order chi connectivity index (χ1) is 9.58. The van der Waals surface area contributed by atoms with Crippen molar-refractivity contribution in [2.45, 2.75) is 0 Å². The third-order valence-electron chi connectivity index (χ3n) is 3.15. The van der Waals surface area contributed by atoms with Crippen LogP contribution in [0.3, 0.4) is 0 Å². The van der Waals surface area contributed by atoms with Crippen molar-refractivity contribution in [3.8, 4) is 0 Å². The summed E-state index contributed by atoms with van der Waals surface area (Å²) in [6.45, 7) is 0. The number of ketones is 1. The Morgan fingerprint density at radius 3 is 2.50 bits per heavy atom. The van der Waals surface area contributed by atoms with E-state index in [0.717, 1.165) is 4.47 Å².